The van der Waals surface area contributed by atoms with Crippen LogP contribution in [-0.4, -0.2) is 60.3 Å². The first-order valence-corrected chi connectivity index (χ1v) is 11.8. The van der Waals surface area contributed by atoms with Crippen molar-refractivity contribution in [2.75, 3.05) is 45.3 Å². The highest BCUT2D eigenvalue weighted by atomic mass is 32.1. The molecule has 1 amide bonds. The highest BCUT2D eigenvalue weighted by Crippen LogP contribution is 2.40. The lowest BCUT2D eigenvalue weighted by atomic mass is 9.98. The minimum Gasteiger partial charge on any atom is -0.495 e. The summed E-state index contributed by atoms with van der Waals surface area (Å²) in [6, 6.07) is 8.03. The van der Waals surface area contributed by atoms with Crippen molar-refractivity contribution in [1.82, 2.24) is 14.5 Å². The van der Waals surface area contributed by atoms with Crippen LogP contribution < -0.4 is 10.1 Å². The van der Waals surface area contributed by atoms with Crippen molar-refractivity contribution in [1.29, 1.82) is 0 Å². The van der Waals surface area contributed by atoms with Crippen LogP contribution in [0.3, 0.4) is 0 Å². The number of imidazole rings is 1. The molecule has 0 atom stereocenters. The fourth-order valence-electron chi connectivity index (χ4n) is 4.52. The maximum absolute atomic E-state index is 13.3. The van der Waals surface area contributed by atoms with Crippen molar-refractivity contribution < 1.29 is 14.3 Å². The summed E-state index contributed by atoms with van der Waals surface area (Å²) in [5, 5.41) is 3.09. The van der Waals surface area contributed by atoms with Gasteiger partial charge in [0.1, 0.15) is 10.6 Å². The van der Waals surface area contributed by atoms with E-state index in [0.29, 0.717) is 10.8 Å². The van der Waals surface area contributed by atoms with Crippen LogP contribution in [0.5, 0.6) is 5.75 Å². The molecule has 1 aliphatic heterocycles. The molecule has 7 nitrogen and oxygen atoms in total. The molecule has 0 spiro atoms. The quantitative estimate of drug-likeness (QED) is 0.635. The Morgan fingerprint density at radius 1 is 1.19 bits per heavy atom. The fourth-order valence-corrected chi connectivity index (χ4v) is 5.78. The number of rotatable bonds is 6. The molecule has 3 aromatic rings. The second kappa shape index (κ2) is 8.98. The zero-order valence-electron chi connectivity index (χ0n) is 17.9. The van der Waals surface area contributed by atoms with Crippen LogP contribution in [0.1, 0.15) is 33.0 Å². The average Bonchev–Trinajstić information content (AvgIpc) is 3.36. The lowest BCUT2D eigenvalue weighted by molar-refractivity contribution is 0.0366. The molecule has 1 saturated heterocycles. The van der Waals surface area contributed by atoms with Crippen LogP contribution in [0.15, 0.2) is 24.3 Å². The van der Waals surface area contributed by atoms with E-state index in [1.54, 1.807) is 18.4 Å². The molecule has 0 unspecified atom stereocenters. The average molecular weight is 441 g/mol. The molecule has 0 radical (unpaired) electrons. The number of fused-ring (bicyclic) bond motifs is 2. The molecule has 8 heteroatoms. The number of ether oxygens (including phenoxy) is 2. The maximum Gasteiger partial charge on any atom is 0.271 e. The zero-order valence-corrected chi connectivity index (χ0v) is 18.7. The third-order valence-electron chi connectivity index (χ3n) is 6.16. The smallest absolute Gasteiger partial charge is 0.271 e. The van der Waals surface area contributed by atoms with E-state index < -0.39 is 0 Å². The summed E-state index contributed by atoms with van der Waals surface area (Å²) in [7, 11) is 1.66. The predicted octanol–water partition coefficient (Wildman–Crippen LogP) is 3.57. The van der Waals surface area contributed by atoms with Crippen molar-refractivity contribution in [2.45, 2.75) is 32.2 Å². The Morgan fingerprint density at radius 2 is 2.00 bits per heavy atom. The summed E-state index contributed by atoms with van der Waals surface area (Å²) in [6.07, 6.45) is 4.34. The van der Waals surface area contributed by atoms with Gasteiger partial charge in [0.05, 0.1) is 31.4 Å². The first kappa shape index (κ1) is 20.5. The maximum atomic E-state index is 13.3. The highest BCUT2D eigenvalue weighted by molar-refractivity contribution is 7.14. The molecule has 1 aromatic carbocycles. The van der Waals surface area contributed by atoms with E-state index in [4.69, 9.17) is 14.5 Å². The first-order valence-electron chi connectivity index (χ1n) is 11.0. The number of aromatic nitrogens is 2. The summed E-state index contributed by atoms with van der Waals surface area (Å²) in [5.41, 5.74) is 3.13. The second-order valence-corrected chi connectivity index (χ2v) is 9.16. The van der Waals surface area contributed by atoms with Crippen molar-refractivity contribution in [3.05, 3.63) is 39.6 Å². The number of morpholine rings is 1. The number of thiophene rings is 1. The molecular formula is C23H28N4O3S. The van der Waals surface area contributed by atoms with Gasteiger partial charge in [0.15, 0.2) is 0 Å². The normalized spacial score (nSPS) is 16.9. The van der Waals surface area contributed by atoms with Crippen molar-refractivity contribution in [2.24, 2.45) is 0 Å². The van der Waals surface area contributed by atoms with E-state index in [2.05, 4.69) is 20.9 Å². The number of aryl methyl sites for hydroxylation is 1. The van der Waals surface area contributed by atoms with Gasteiger partial charge in [-0.3, -0.25) is 15.0 Å². The summed E-state index contributed by atoms with van der Waals surface area (Å²) in [4.78, 5) is 22.3. The number of carbonyl (C=O) groups is 1. The molecule has 0 bridgehead atoms. The minimum atomic E-state index is -0.140. The van der Waals surface area contributed by atoms with Crippen molar-refractivity contribution in [3.63, 3.8) is 0 Å². The SMILES string of the molecule is COc1c(C(=O)Nc2nc3ccccc3n2CCN2CCOCC2)sc2c1CCCC2. The van der Waals surface area contributed by atoms with Crippen LogP contribution in [0, 0.1) is 0 Å². The van der Waals surface area contributed by atoms with Crippen LogP contribution >= 0.6 is 11.3 Å². The van der Waals surface area contributed by atoms with Crippen molar-refractivity contribution in [3.8, 4) is 5.75 Å². The number of nitrogens with one attached hydrogen (secondary N) is 1. The standard InChI is InChI=1S/C23H28N4O3S/c1-29-20-16-6-2-5-9-19(16)31-21(20)22(28)25-23-24-17-7-3-4-8-18(17)27(23)11-10-26-12-14-30-15-13-26/h3-4,7-8H,2,5-6,9-15H2,1H3,(H,24,25,28). The highest BCUT2D eigenvalue weighted by Gasteiger charge is 2.26. The molecule has 164 valence electrons. The lowest BCUT2D eigenvalue weighted by Gasteiger charge is -2.26. The third-order valence-corrected chi connectivity index (χ3v) is 7.43. The first-order chi connectivity index (χ1) is 15.2. The van der Waals surface area contributed by atoms with Crippen molar-refractivity contribution >= 4 is 34.2 Å². The van der Waals surface area contributed by atoms with E-state index in [1.165, 1.54) is 16.9 Å². The molecule has 31 heavy (non-hydrogen) atoms. The Hall–Kier alpha value is -2.42. The number of hydrogen-bond donors (Lipinski definition) is 1. The van der Waals surface area contributed by atoms with Crippen LogP contribution in [0.2, 0.25) is 0 Å². The van der Waals surface area contributed by atoms with Crippen LogP contribution in [0.4, 0.5) is 5.95 Å². The number of hydrogen-bond acceptors (Lipinski definition) is 6. The van der Waals surface area contributed by atoms with Gasteiger partial charge in [-0.05, 0) is 37.8 Å². The van der Waals surface area contributed by atoms with Gasteiger partial charge >= 0.3 is 0 Å². The van der Waals surface area contributed by atoms with Gasteiger partial charge < -0.3 is 14.0 Å². The molecule has 0 saturated carbocycles. The fraction of sp³-hybridized carbons (Fsp3) is 0.478. The van der Waals surface area contributed by atoms with E-state index in [-0.39, 0.29) is 5.91 Å². The van der Waals surface area contributed by atoms with Crippen LogP contribution in [0.25, 0.3) is 11.0 Å². The number of methoxy groups -OCH3 is 1. The topological polar surface area (TPSA) is 68.6 Å². The Balaban J connectivity index is 1.42. The molecule has 2 aliphatic rings. The zero-order chi connectivity index (χ0) is 21.2. The van der Waals surface area contributed by atoms with Gasteiger partial charge in [-0.25, -0.2) is 4.98 Å². The summed E-state index contributed by atoms with van der Waals surface area (Å²) in [6.45, 7) is 5.07. The molecule has 5 rings (SSSR count). The van der Waals surface area contributed by atoms with Gasteiger partial charge in [-0.1, -0.05) is 12.1 Å². The van der Waals surface area contributed by atoms with Gasteiger partial charge in [0, 0.05) is 36.6 Å². The van der Waals surface area contributed by atoms with Gasteiger partial charge in [-0.2, -0.15) is 0 Å². The largest absolute Gasteiger partial charge is 0.495 e. The second-order valence-electron chi connectivity index (χ2n) is 8.06. The molecule has 1 N–H and O–H groups in total. The number of anilines is 1. The lowest BCUT2D eigenvalue weighted by Crippen LogP contribution is -2.38. The Bertz CT molecular complexity index is 1080. The number of para-hydroxylation sites is 2. The molecule has 3 heterocycles. The number of nitrogens with zero attached hydrogens (tertiary/aromatic N) is 3. The number of amides is 1. The monoisotopic (exact) mass is 440 g/mol. The van der Waals surface area contributed by atoms with Gasteiger partial charge in [-0.15, -0.1) is 11.3 Å². The number of carbonyl (C=O) groups excluding carboxylic acids is 1. The Labute approximate surface area is 186 Å². The Morgan fingerprint density at radius 3 is 2.84 bits per heavy atom. The third kappa shape index (κ3) is 4.07. The Kier molecular flexibility index (Phi) is 5.93. The summed E-state index contributed by atoms with van der Waals surface area (Å²) >= 11 is 1.57. The summed E-state index contributed by atoms with van der Waals surface area (Å²) in [5.74, 6) is 1.19. The van der Waals surface area contributed by atoms with Crippen LogP contribution in [-0.2, 0) is 24.1 Å². The molecule has 1 aliphatic carbocycles. The molecule has 2 aromatic heterocycles. The van der Waals surface area contributed by atoms with E-state index in [0.717, 1.165) is 75.4 Å². The number of benzene rings is 1. The summed E-state index contributed by atoms with van der Waals surface area (Å²) < 4.78 is 13.2. The van der Waals surface area contributed by atoms with Gasteiger partial charge in [0.2, 0.25) is 5.95 Å². The molecule has 1 fully saturated rings. The van der Waals surface area contributed by atoms with E-state index in [9.17, 15) is 4.79 Å². The van der Waals surface area contributed by atoms with E-state index in [1.807, 2.05) is 18.2 Å². The molecular weight excluding hydrogens is 412 g/mol. The predicted molar refractivity (Wildman–Crippen MR) is 122 cm³/mol. The van der Waals surface area contributed by atoms with E-state index >= 15 is 0 Å². The minimum absolute atomic E-state index is 0.140. The van der Waals surface area contributed by atoms with Gasteiger partial charge in [0.25, 0.3) is 5.91 Å².